The predicted octanol–water partition coefficient (Wildman–Crippen LogP) is 1.23. The van der Waals surface area contributed by atoms with Gasteiger partial charge in [0.15, 0.2) is 0 Å². The number of rotatable bonds is 4. The Morgan fingerprint density at radius 3 is 2.65 bits per heavy atom. The van der Waals surface area contributed by atoms with E-state index in [0.29, 0.717) is 16.3 Å². The molecule has 1 atom stereocenters. The highest BCUT2D eigenvalue weighted by Gasteiger charge is 2.34. The SMILES string of the molecule is CCOC(=O)c1ccc(=O)n2c1SC[C@H]2C(=O)OCC. The van der Waals surface area contributed by atoms with Gasteiger partial charge in [-0.1, -0.05) is 0 Å². The van der Waals surface area contributed by atoms with Crippen molar-refractivity contribution in [1.82, 2.24) is 4.57 Å². The first kappa shape index (κ1) is 14.6. The number of aromatic nitrogens is 1. The van der Waals surface area contributed by atoms with Gasteiger partial charge in [0.1, 0.15) is 6.04 Å². The fourth-order valence-corrected chi connectivity index (χ4v) is 3.25. The molecule has 0 saturated carbocycles. The Hall–Kier alpha value is -1.76. The van der Waals surface area contributed by atoms with Gasteiger partial charge in [-0.25, -0.2) is 9.59 Å². The molecule has 1 aliphatic heterocycles. The van der Waals surface area contributed by atoms with Gasteiger partial charge in [-0.15, -0.1) is 11.8 Å². The van der Waals surface area contributed by atoms with Crippen LogP contribution in [0.3, 0.4) is 0 Å². The first-order chi connectivity index (χ1) is 9.60. The average Bonchev–Trinajstić information content (AvgIpc) is 2.85. The summed E-state index contributed by atoms with van der Waals surface area (Å²) in [5.41, 5.74) is -0.0145. The number of carbonyl (C=O) groups excluding carboxylic acids is 2. The molecule has 6 nitrogen and oxygen atoms in total. The van der Waals surface area contributed by atoms with Crippen LogP contribution in [-0.4, -0.2) is 35.5 Å². The van der Waals surface area contributed by atoms with Gasteiger partial charge in [-0.05, 0) is 19.9 Å². The largest absolute Gasteiger partial charge is 0.464 e. The minimum Gasteiger partial charge on any atom is -0.464 e. The van der Waals surface area contributed by atoms with Crippen molar-refractivity contribution in [2.24, 2.45) is 0 Å². The fraction of sp³-hybridized carbons (Fsp3) is 0.462. The van der Waals surface area contributed by atoms with Crippen LogP contribution < -0.4 is 5.56 Å². The highest BCUT2D eigenvalue weighted by Crippen LogP contribution is 2.34. The summed E-state index contributed by atoms with van der Waals surface area (Å²) in [6.07, 6.45) is 0. The summed E-state index contributed by atoms with van der Waals surface area (Å²) in [5.74, 6) is -0.570. The molecule has 2 rings (SSSR count). The van der Waals surface area contributed by atoms with E-state index in [0.717, 1.165) is 0 Å². The van der Waals surface area contributed by atoms with Gasteiger partial charge in [-0.3, -0.25) is 9.36 Å². The maximum absolute atomic E-state index is 12.0. The molecule has 0 unspecified atom stereocenters. The van der Waals surface area contributed by atoms with Crippen molar-refractivity contribution in [3.8, 4) is 0 Å². The van der Waals surface area contributed by atoms with Gasteiger partial charge in [0, 0.05) is 11.8 Å². The van der Waals surface area contributed by atoms with Crippen LogP contribution in [0.4, 0.5) is 0 Å². The zero-order valence-corrected chi connectivity index (χ0v) is 12.1. The minimum atomic E-state index is -0.683. The van der Waals surface area contributed by atoms with Crippen molar-refractivity contribution >= 4 is 23.7 Å². The molecule has 7 heteroatoms. The van der Waals surface area contributed by atoms with Crippen LogP contribution in [0.15, 0.2) is 22.0 Å². The second-order valence-corrected chi connectivity index (χ2v) is 5.07. The molecule has 0 saturated heterocycles. The molecular weight excluding hydrogens is 282 g/mol. The van der Waals surface area contributed by atoms with E-state index >= 15 is 0 Å². The molecule has 0 amide bonds. The predicted molar refractivity (Wildman–Crippen MR) is 73.1 cm³/mol. The second-order valence-electron chi connectivity index (χ2n) is 4.06. The van der Waals surface area contributed by atoms with Crippen LogP contribution in [0.2, 0.25) is 0 Å². The lowest BCUT2D eigenvalue weighted by Gasteiger charge is -2.13. The van der Waals surface area contributed by atoms with Gasteiger partial charge >= 0.3 is 11.9 Å². The summed E-state index contributed by atoms with van der Waals surface area (Å²) in [5, 5.41) is 0.467. The van der Waals surface area contributed by atoms with Crippen LogP contribution in [-0.2, 0) is 14.3 Å². The van der Waals surface area contributed by atoms with Gasteiger partial charge < -0.3 is 9.47 Å². The lowest BCUT2D eigenvalue weighted by atomic mass is 10.2. The van der Waals surface area contributed by atoms with E-state index < -0.39 is 18.0 Å². The van der Waals surface area contributed by atoms with Crippen molar-refractivity contribution in [2.45, 2.75) is 24.9 Å². The summed E-state index contributed by atoms with van der Waals surface area (Å²) in [6, 6.07) is 2.03. The Morgan fingerprint density at radius 2 is 2.00 bits per heavy atom. The highest BCUT2D eigenvalue weighted by molar-refractivity contribution is 7.99. The number of hydrogen-bond donors (Lipinski definition) is 0. The first-order valence-electron chi connectivity index (χ1n) is 6.32. The molecule has 20 heavy (non-hydrogen) atoms. The normalized spacial score (nSPS) is 16.6. The van der Waals surface area contributed by atoms with E-state index in [4.69, 9.17) is 9.47 Å². The molecule has 1 aliphatic rings. The maximum Gasteiger partial charge on any atom is 0.340 e. The summed E-state index contributed by atoms with van der Waals surface area (Å²) in [4.78, 5) is 35.7. The van der Waals surface area contributed by atoms with E-state index in [1.165, 1.54) is 28.5 Å². The average molecular weight is 297 g/mol. The van der Waals surface area contributed by atoms with E-state index in [9.17, 15) is 14.4 Å². The number of fused-ring (bicyclic) bond motifs is 1. The van der Waals surface area contributed by atoms with Crippen molar-refractivity contribution in [3.05, 3.63) is 28.0 Å². The third-order valence-electron chi connectivity index (χ3n) is 2.82. The minimum absolute atomic E-state index is 0.252. The number of carbonyl (C=O) groups is 2. The molecule has 0 bridgehead atoms. The summed E-state index contributed by atoms with van der Waals surface area (Å²) in [7, 11) is 0. The third-order valence-corrected chi connectivity index (χ3v) is 4.00. The summed E-state index contributed by atoms with van der Waals surface area (Å²) < 4.78 is 11.2. The van der Waals surface area contributed by atoms with Crippen LogP contribution in [0.25, 0.3) is 0 Å². The molecule has 0 radical (unpaired) electrons. The van der Waals surface area contributed by atoms with Gasteiger partial charge in [0.05, 0.1) is 23.8 Å². The first-order valence-corrected chi connectivity index (χ1v) is 7.30. The molecule has 108 valence electrons. The monoisotopic (exact) mass is 297 g/mol. The molecule has 0 fully saturated rings. The van der Waals surface area contributed by atoms with E-state index in [1.54, 1.807) is 13.8 Å². The van der Waals surface area contributed by atoms with Crippen molar-refractivity contribution in [3.63, 3.8) is 0 Å². The molecule has 1 aromatic rings. The van der Waals surface area contributed by atoms with Gasteiger partial charge in [-0.2, -0.15) is 0 Å². The van der Waals surface area contributed by atoms with E-state index in [2.05, 4.69) is 0 Å². The Labute approximate surface area is 120 Å². The quantitative estimate of drug-likeness (QED) is 0.778. The second kappa shape index (κ2) is 6.13. The fourth-order valence-electron chi connectivity index (χ4n) is 1.99. The van der Waals surface area contributed by atoms with E-state index in [-0.39, 0.29) is 18.8 Å². The number of ether oxygens (including phenoxy) is 2. The third kappa shape index (κ3) is 2.58. The zero-order chi connectivity index (χ0) is 14.7. The Morgan fingerprint density at radius 1 is 1.30 bits per heavy atom. The number of nitrogens with zero attached hydrogens (tertiary/aromatic N) is 1. The van der Waals surface area contributed by atoms with Crippen molar-refractivity contribution in [2.75, 3.05) is 19.0 Å². The van der Waals surface area contributed by atoms with Gasteiger partial charge in [0.2, 0.25) is 0 Å². The van der Waals surface area contributed by atoms with Crippen LogP contribution in [0, 0.1) is 0 Å². The highest BCUT2D eigenvalue weighted by atomic mass is 32.2. The molecule has 0 spiro atoms. The molecule has 2 heterocycles. The number of thioether (sulfide) groups is 1. The molecule has 0 N–H and O–H groups in total. The van der Waals surface area contributed by atoms with Crippen molar-refractivity contribution < 1.29 is 19.1 Å². The molecule has 0 aromatic carbocycles. The Balaban J connectivity index is 2.43. The summed E-state index contributed by atoms with van der Waals surface area (Å²) in [6.45, 7) is 3.92. The lowest BCUT2D eigenvalue weighted by molar-refractivity contribution is -0.146. The Kier molecular flexibility index (Phi) is 4.49. The number of pyridine rings is 1. The van der Waals surface area contributed by atoms with Crippen LogP contribution >= 0.6 is 11.8 Å². The standard InChI is InChI=1S/C13H15NO5S/c1-3-18-12(16)8-5-6-10(15)14-9(7-20-11(8)14)13(17)19-4-2/h5-6,9H,3-4,7H2,1-2H3/t9-/m0/s1. The smallest absolute Gasteiger partial charge is 0.340 e. The van der Waals surface area contributed by atoms with Crippen LogP contribution in [0.1, 0.15) is 30.2 Å². The molecular formula is C13H15NO5S. The lowest BCUT2D eigenvalue weighted by Crippen LogP contribution is -2.30. The van der Waals surface area contributed by atoms with Gasteiger partial charge in [0.25, 0.3) is 5.56 Å². The number of hydrogen-bond acceptors (Lipinski definition) is 6. The van der Waals surface area contributed by atoms with Crippen molar-refractivity contribution in [1.29, 1.82) is 0 Å². The molecule has 0 aliphatic carbocycles. The molecule has 1 aromatic heterocycles. The number of esters is 2. The topological polar surface area (TPSA) is 74.6 Å². The summed E-state index contributed by atoms with van der Waals surface area (Å²) >= 11 is 1.29. The van der Waals surface area contributed by atoms with Crippen LogP contribution in [0.5, 0.6) is 0 Å². The Bertz CT molecular complexity index is 595. The zero-order valence-electron chi connectivity index (χ0n) is 11.3. The maximum atomic E-state index is 12.0. The van der Waals surface area contributed by atoms with E-state index in [1.807, 2.05) is 0 Å².